The lowest BCUT2D eigenvalue weighted by atomic mass is 9.08. The summed E-state index contributed by atoms with van der Waals surface area (Å²) in [5, 5.41) is 1.31. The van der Waals surface area contributed by atoms with E-state index in [4.69, 9.17) is 23.2 Å². The van der Waals surface area contributed by atoms with E-state index >= 15 is 0 Å². The molecule has 0 amide bonds. The predicted molar refractivity (Wildman–Crippen MR) is 113 cm³/mol. The number of hydrogen-bond donors (Lipinski definition) is 0. The van der Waals surface area contributed by atoms with Gasteiger partial charge in [-0.15, -0.1) is 0 Å². The number of halogens is 2. The van der Waals surface area contributed by atoms with Crippen LogP contribution in [-0.4, -0.2) is 10.7 Å². The molecule has 0 spiro atoms. The van der Waals surface area contributed by atoms with Gasteiger partial charge in [0.25, 0.3) is 10.3 Å². The average Bonchev–Trinajstić information content (AvgIpc) is 2.84. The molecule has 138 valence electrons. The van der Waals surface area contributed by atoms with E-state index < -0.39 is 6.15 Å². The average molecular weight is 389 g/mol. The Hall–Kier alpha value is -1.19. The summed E-state index contributed by atoms with van der Waals surface area (Å²) in [6, 6.07) is 10.7. The van der Waals surface area contributed by atoms with Crippen LogP contribution >= 0.6 is 23.2 Å². The zero-order valence-corrected chi connectivity index (χ0v) is 17.2. The summed E-state index contributed by atoms with van der Waals surface area (Å²) in [5.41, 5.74) is 2.59. The first-order chi connectivity index (χ1) is 12.6. The van der Waals surface area contributed by atoms with Gasteiger partial charge in [-0.05, 0) is 28.8 Å². The molecule has 2 fully saturated rings. The Morgan fingerprint density at radius 2 is 1.62 bits per heavy atom. The largest absolute Gasteiger partial charge is 0.256 e. The Morgan fingerprint density at radius 1 is 1.04 bits per heavy atom. The Morgan fingerprint density at radius 3 is 2.12 bits per heavy atom. The highest BCUT2D eigenvalue weighted by Crippen LogP contribution is 2.53. The summed E-state index contributed by atoms with van der Waals surface area (Å²) in [4.78, 5) is 0. The number of aromatic nitrogens is 2. The minimum absolute atomic E-state index is 0.655. The van der Waals surface area contributed by atoms with Crippen molar-refractivity contribution < 1.29 is 4.57 Å². The quantitative estimate of drug-likeness (QED) is 0.506. The van der Waals surface area contributed by atoms with Crippen LogP contribution in [0.2, 0.25) is 21.9 Å². The van der Waals surface area contributed by atoms with Crippen molar-refractivity contribution in [1.29, 1.82) is 0 Å². The topological polar surface area (TPSA) is 8.81 Å². The van der Waals surface area contributed by atoms with Crippen molar-refractivity contribution in [2.75, 3.05) is 0 Å². The lowest BCUT2D eigenvalue weighted by molar-refractivity contribution is -0.651. The highest BCUT2D eigenvalue weighted by molar-refractivity contribution is 6.97. The molecule has 2 saturated heterocycles. The third kappa shape index (κ3) is 2.75. The standard InChI is InChI=1S/C21H27BCl2N2/c1-25-19(23)20(24)26(2)21(25)22(15-14-16-8-4-3-5-9-16)17-10-6-11-18(22)13-7-12-17/h3-5,8-9,14-15,17-18H,6-7,10-13H2,1-2H3/b15-14-. The van der Waals surface area contributed by atoms with Crippen LogP contribution in [0.3, 0.4) is 0 Å². The Bertz CT molecular complexity index is 781. The summed E-state index contributed by atoms with van der Waals surface area (Å²) in [5.74, 6) is 3.98. The maximum atomic E-state index is 6.55. The van der Waals surface area contributed by atoms with Gasteiger partial charge in [0.15, 0.2) is 0 Å². The van der Waals surface area contributed by atoms with Gasteiger partial charge in [0, 0.05) is 0 Å². The molecule has 4 rings (SSSR count). The van der Waals surface area contributed by atoms with Gasteiger partial charge in [0.1, 0.15) is 6.15 Å². The van der Waals surface area contributed by atoms with E-state index in [0.717, 1.165) is 11.6 Å². The molecule has 2 aliphatic heterocycles. The van der Waals surface area contributed by atoms with E-state index in [9.17, 15) is 0 Å². The first kappa shape index (κ1) is 18.2. The molecule has 0 radical (unpaired) electrons. The molecule has 0 saturated carbocycles. The second-order valence-corrected chi connectivity index (χ2v) is 9.00. The van der Waals surface area contributed by atoms with Crippen LogP contribution in [0.4, 0.5) is 0 Å². The van der Waals surface area contributed by atoms with Gasteiger partial charge in [0.05, 0.1) is 19.8 Å². The zero-order chi connectivity index (χ0) is 18.3. The van der Waals surface area contributed by atoms with Gasteiger partial charge in [-0.3, -0.25) is 9.13 Å². The van der Waals surface area contributed by atoms with Gasteiger partial charge < -0.3 is 0 Å². The van der Waals surface area contributed by atoms with Crippen molar-refractivity contribution in [2.45, 2.75) is 50.2 Å². The van der Waals surface area contributed by atoms with Crippen LogP contribution in [0, 0.1) is 0 Å². The molecule has 0 aliphatic carbocycles. The molecule has 0 N–H and O–H groups in total. The number of imidazole rings is 1. The van der Waals surface area contributed by atoms with Crippen molar-refractivity contribution in [3.8, 4) is 0 Å². The number of fused-ring (bicyclic) bond motifs is 2. The second-order valence-electron chi connectivity index (χ2n) is 8.29. The van der Waals surface area contributed by atoms with Crippen LogP contribution in [-0.2, 0) is 14.1 Å². The lowest BCUT2D eigenvalue weighted by Crippen LogP contribution is -2.69. The molecular weight excluding hydrogens is 362 g/mol. The Labute approximate surface area is 166 Å². The van der Waals surface area contributed by atoms with E-state index in [0.29, 0.717) is 10.3 Å². The summed E-state index contributed by atoms with van der Waals surface area (Å²) in [6.07, 6.45) is 9.45. The van der Waals surface area contributed by atoms with Crippen molar-refractivity contribution in [2.24, 2.45) is 14.1 Å². The molecule has 0 atom stereocenters. The fraction of sp³-hybridized carbons (Fsp3) is 0.476. The fourth-order valence-corrected chi connectivity index (χ4v) is 6.52. The maximum Gasteiger partial charge on any atom is 0.252 e. The van der Waals surface area contributed by atoms with Gasteiger partial charge in [-0.2, -0.15) is 11.6 Å². The number of benzene rings is 1. The number of nitrogens with zero attached hydrogens (tertiary/aromatic N) is 2. The second kappa shape index (κ2) is 7.09. The summed E-state index contributed by atoms with van der Waals surface area (Å²) in [6.45, 7) is 0. The maximum absolute atomic E-state index is 6.55. The molecule has 0 unspecified atom stereocenters. The van der Waals surface area contributed by atoms with E-state index in [2.05, 4.69) is 65.6 Å². The summed E-state index contributed by atoms with van der Waals surface area (Å²) >= 11 is 13.1. The third-order valence-electron chi connectivity index (χ3n) is 7.16. The van der Waals surface area contributed by atoms with Gasteiger partial charge in [-0.1, -0.05) is 74.9 Å². The molecule has 2 aromatic rings. The molecular formula is C21H27BCl2N2. The first-order valence-corrected chi connectivity index (χ1v) is 10.6. The zero-order valence-electron chi connectivity index (χ0n) is 15.7. The number of rotatable bonds is 3. The summed E-state index contributed by atoms with van der Waals surface area (Å²) in [7, 11) is 4.15. The molecule has 1 aromatic carbocycles. The molecule has 2 aliphatic rings. The molecule has 3 heterocycles. The van der Waals surface area contributed by atoms with Crippen LogP contribution in [0.25, 0.3) is 6.08 Å². The highest BCUT2D eigenvalue weighted by Gasteiger charge is 2.50. The van der Waals surface area contributed by atoms with Crippen LogP contribution < -0.4 is 10.3 Å². The monoisotopic (exact) mass is 388 g/mol. The Balaban J connectivity index is 1.91. The molecule has 2 bridgehead atoms. The van der Waals surface area contributed by atoms with Crippen molar-refractivity contribution >= 4 is 41.1 Å². The minimum atomic E-state index is -0.856. The molecule has 1 aromatic heterocycles. The van der Waals surface area contributed by atoms with Gasteiger partial charge >= 0.3 is 0 Å². The first-order valence-electron chi connectivity index (χ1n) is 9.87. The third-order valence-corrected chi connectivity index (χ3v) is 8.12. The SMILES string of the molecule is Cn1c(Cl)c(Cl)[n+](C)c1[B-]1(/C=C\c2ccccc2)C2CCCC1CCC2. The van der Waals surface area contributed by atoms with Crippen molar-refractivity contribution in [3.63, 3.8) is 0 Å². The van der Waals surface area contributed by atoms with E-state index in [-0.39, 0.29) is 0 Å². The van der Waals surface area contributed by atoms with Gasteiger partial charge in [-0.25, -0.2) is 5.98 Å². The lowest BCUT2D eigenvalue weighted by Gasteiger charge is -2.55. The van der Waals surface area contributed by atoms with Crippen molar-refractivity contribution in [1.82, 2.24) is 4.57 Å². The molecule has 5 heteroatoms. The summed E-state index contributed by atoms with van der Waals surface area (Å²) < 4.78 is 4.30. The van der Waals surface area contributed by atoms with Crippen LogP contribution in [0.5, 0.6) is 0 Å². The van der Waals surface area contributed by atoms with Crippen LogP contribution in [0.1, 0.15) is 44.1 Å². The van der Waals surface area contributed by atoms with Crippen molar-refractivity contribution in [3.05, 3.63) is 52.2 Å². The highest BCUT2D eigenvalue weighted by atomic mass is 35.5. The van der Waals surface area contributed by atoms with Crippen LogP contribution in [0.15, 0.2) is 36.3 Å². The van der Waals surface area contributed by atoms with E-state index in [1.54, 1.807) is 0 Å². The Kier molecular flexibility index (Phi) is 4.96. The van der Waals surface area contributed by atoms with E-state index in [1.165, 1.54) is 49.8 Å². The van der Waals surface area contributed by atoms with E-state index in [1.807, 2.05) is 0 Å². The smallest absolute Gasteiger partial charge is 0.252 e. The minimum Gasteiger partial charge on any atom is -0.256 e. The normalized spacial score (nSPS) is 28.6. The van der Waals surface area contributed by atoms with Gasteiger partial charge in [0.2, 0.25) is 0 Å². The fourth-order valence-electron chi connectivity index (χ4n) is 6.09. The number of hydrogen-bond acceptors (Lipinski definition) is 0. The predicted octanol–water partition coefficient (Wildman–Crippen LogP) is 5.17. The molecule has 2 nitrogen and oxygen atoms in total. The molecule has 26 heavy (non-hydrogen) atoms.